The highest BCUT2D eigenvalue weighted by Gasteiger charge is 2.07. The van der Waals surface area contributed by atoms with Crippen LogP contribution in [0.4, 0.5) is 0 Å². The standard InChI is InChI=1S/C12H24N2O/c1-4-5-6-7-8-15-10-12(9-13)14-11(2)3/h11-12,14H,4-8,10H2,1-3H3. The molecule has 3 nitrogen and oxygen atoms in total. The van der Waals surface area contributed by atoms with E-state index in [0.29, 0.717) is 12.6 Å². The molecule has 0 spiro atoms. The third-order valence-electron chi connectivity index (χ3n) is 2.12. The fraction of sp³-hybridized carbons (Fsp3) is 0.917. The van der Waals surface area contributed by atoms with Gasteiger partial charge in [-0.05, 0) is 20.3 Å². The molecular formula is C12H24N2O. The molecule has 0 saturated carbocycles. The van der Waals surface area contributed by atoms with Gasteiger partial charge in [-0.3, -0.25) is 5.32 Å². The minimum Gasteiger partial charge on any atom is -0.379 e. The Bertz CT molecular complexity index is 175. The number of rotatable bonds is 9. The Morgan fingerprint density at radius 1 is 1.27 bits per heavy atom. The van der Waals surface area contributed by atoms with Crippen molar-refractivity contribution in [1.82, 2.24) is 5.32 Å². The molecule has 0 saturated heterocycles. The second-order valence-electron chi connectivity index (χ2n) is 4.14. The Labute approximate surface area is 93.8 Å². The largest absolute Gasteiger partial charge is 0.379 e. The predicted octanol–water partition coefficient (Wildman–Crippen LogP) is 2.47. The molecule has 0 aliphatic rings. The van der Waals surface area contributed by atoms with Crippen molar-refractivity contribution in [1.29, 1.82) is 5.26 Å². The van der Waals surface area contributed by atoms with Crippen molar-refractivity contribution in [2.75, 3.05) is 13.2 Å². The zero-order valence-corrected chi connectivity index (χ0v) is 10.3. The van der Waals surface area contributed by atoms with Crippen LogP contribution in [0.5, 0.6) is 0 Å². The molecule has 0 rings (SSSR count). The highest BCUT2D eigenvalue weighted by Crippen LogP contribution is 1.99. The summed E-state index contributed by atoms with van der Waals surface area (Å²) in [5.74, 6) is 0. The van der Waals surface area contributed by atoms with Gasteiger partial charge in [-0.1, -0.05) is 26.2 Å². The highest BCUT2D eigenvalue weighted by molar-refractivity contribution is 4.90. The molecule has 0 aromatic heterocycles. The van der Waals surface area contributed by atoms with Crippen molar-refractivity contribution in [3.8, 4) is 6.07 Å². The van der Waals surface area contributed by atoms with Crippen LogP contribution in [-0.4, -0.2) is 25.3 Å². The molecule has 0 fully saturated rings. The van der Waals surface area contributed by atoms with Gasteiger partial charge >= 0.3 is 0 Å². The number of nitrogens with one attached hydrogen (secondary N) is 1. The van der Waals surface area contributed by atoms with Gasteiger partial charge in [0.2, 0.25) is 0 Å². The fourth-order valence-corrected chi connectivity index (χ4v) is 1.36. The molecule has 1 atom stereocenters. The van der Waals surface area contributed by atoms with Gasteiger partial charge in [-0.25, -0.2) is 0 Å². The second kappa shape index (κ2) is 9.95. The average molecular weight is 212 g/mol. The molecule has 1 unspecified atom stereocenters. The van der Waals surface area contributed by atoms with Gasteiger partial charge in [0.15, 0.2) is 0 Å². The topological polar surface area (TPSA) is 45.0 Å². The minimum absolute atomic E-state index is 0.170. The highest BCUT2D eigenvalue weighted by atomic mass is 16.5. The van der Waals surface area contributed by atoms with Crippen molar-refractivity contribution in [2.45, 2.75) is 58.5 Å². The Kier molecular flexibility index (Phi) is 9.55. The summed E-state index contributed by atoms with van der Waals surface area (Å²) in [5, 5.41) is 12.0. The quantitative estimate of drug-likeness (QED) is 0.597. The van der Waals surface area contributed by atoms with Crippen LogP contribution in [0.1, 0.15) is 46.5 Å². The first-order valence-electron chi connectivity index (χ1n) is 5.94. The SMILES string of the molecule is CCCCCCOCC(C#N)NC(C)C. The van der Waals surface area contributed by atoms with Gasteiger partial charge in [0.05, 0.1) is 12.7 Å². The van der Waals surface area contributed by atoms with Crippen molar-refractivity contribution < 1.29 is 4.74 Å². The molecular weight excluding hydrogens is 188 g/mol. The Balaban J connectivity index is 3.35. The van der Waals surface area contributed by atoms with E-state index < -0.39 is 0 Å². The Morgan fingerprint density at radius 2 is 2.00 bits per heavy atom. The summed E-state index contributed by atoms with van der Waals surface area (Å²) in [4.78, 5) is 0. The maximum atomic E-state index is 8.82. The fourth-order valence-electron chi connectivity index (χ4n) is 1.36. The molecule has 3 heteroatoms. The molecule has 15 heavy (non-hydrogen) atoms. The summed E-state index contributed by atoms with van der Waals surface area (Å²) in [6.07, 6.45) is 4.85. The molecule has 0 aliphatic heterocycles. The normalized spacial score (nSPS) is 12.7. The van der Waals surface area contributed by atoms with Gasteiger partial charge in [0, 0.05) is 12.6 Å². The van der Waals surface area contributed by atoms with E-state index in [1.165, 1.54) is 19.3 Å². The lowest BCUT2D eigenvalue weighted by molar-refractivity contribution is 0.117. The molecule has 0 heterocycles. The summed E-state index contributed by atoms with van der Waals surface area (Å²) in [6, 6.07) is 2.36. The van der Waals surface area contributed by atoms with Crippen LogP contribution in [0.2, 0.25) is 0 Å². The van der Waals surface area contributed by atoms with Gasteiger partial charge in [0.1, 0.15) is 6.04 Å². The van der Waals surface area contributed by atoms with E-state index in [4.69, 9.17) is 10.00 Å². The predicted molar refractivity (Wildman–Crippen MR) is 62.6 cm³/mol. The number of unbranched alkanes of at least 4 members (excludes halogenated alkanes) is 3. The van der Waals surface area contributed by atoms with Crippen molar-refractivity contribution in [3.05, 3.63) is 0 Å². The molecule has 88 valence electrons. The van der Waals surface area contributed by atoms with E-state index in [1.807, 2.05) is 13.8 Å². The van der Waals surface area contributed by atoms with E-state index in [2.05, 4.69) is 18.3 Å². The van der Waals surface area contributed by atoms with Gasteiger partial charge in [-0.15, -0.1) is 0 Å². The summed E-state index contributed by atoms with van der Waals surface area (Å²) in [6.45, 7) is 7.54. The van der Waals surface area contributed by atoms with Crippen LogP contribution in [-0.2, 0) is 4.74 Å². The van der Waals surface area contributed by atoms with Gasteiger partial charge < -0.3 is 4.74 Å². The van der Waals surface area contributed by atoms with Gasteiger partial charge in [-0.2, -0.15) is 5.26 Å². The van der Waals surface area contributed by atoms with E-state index in [-0.39, 0.29) is 6.04 Å². The van der Waals surface area contributed by atoms with E-state index in [0.717, 1.165) is 13.0 Å². The van der Waals surface area contributed by atoms with Crippen LogP contribution >= 0.6 is 0 Å². The summed E-state index contributed by atoms with van der Waals surface area (Å²) in [7, 11) is 0. The monoisotopic (exact) mass is 212 g/mol. The zero-order valence-electron chi connectivity index (χ0n) is 10.3. The first kappa shape index (κ1) is 14.4. The molecule has 0 radical (unpaired) electrons. The van der Waals surface area contributed by atoms with Crippen LogP contribution in [0.3, 0.4) is 0 Å². The lowest BCUT2D eigenvalue weighted by Crippen LogP contribution is -2.37. The van der Waals surface area contributed by atoms with Crippen molar-refractivity contribution in [2.24, 2.45) is 0 Å². The number of ether oxygens (including phenoxy) is 1. The number of nitrogens with zero attached hydrogens (tertiary/aromatic N) is 1. The average Bonchev–Trinajstić information content (AvgIpc) is 2.20. The first-order chi connectivity index (χ1) is 7.20. The number of hydrogen-bond acceptors (Lipinski definition) is 3. The smallest absolute Gasteiger partial charge is 0.119 e. The lowest BCUT2D eigenvalue weighted by Gasteiger charge is -2.14. The van der Waals surface area contributed by atoms with Crippen molar-refractivity contribution in [3.63, 3.8) is 0 Å². The number of hydrogen-bond donors (Lipinski definition) is 1. The zero-order chi connectivity index (χ0) is 11.5. The Hall–Kier alpha value is -0.590. The summed E-state index contributed by atoms with van der Waals surface area (Å²) < 4.78 is 5.45. The van der Waals surface area contributed by atoms with Crippen LogP contribution in [0.25, 0.3) is 0 Å². The maximum absolute atomic E-state index is 8.82. The molecule has 0 aromatic rings. The van der Waals surface area contributed by atoms with Crippen molar-refractivity contribution >= 4 is 0 Å². The van der Waals surface area contributed by atoms with Crippen LogP contribution in [0, 0.1) is 11.3 Å². The van der Waals surface area contributed by atoms with Crippen LogP contribution in [0.15, 0.2) is 0 Å². The summed E-state index contributed by atoms with van der Waals surface area (Å²) in [5.41, 5.74) is 0. The third-order valence-corrected chi connectivity index (χ3v) is 2.12. The minimum atomic E-state index is -0.170. The Morgan fingerprint density at radius 3 is 2.53 bits per heavy atom. The molecule has 0 amide bonds. The van der Waals surface area contributed by atoms with Crippen LogP contribution < -0.4 is 5.32 Å². The number of nitriles is 1. The first-order valence-corrected chi connectivity index (χ1v) is 5.94. The maximum Gasteiger partial charge on any atom is 0.119 e. The lowest BCUT2D eigenvalue weighted by atomic mass is 10.2. The van der Waals surface area contributed by atoms with E-state index in [1.54, 1.807) is 0 Å². The van der Waals surface area contributed by atoms with E-state index in [9.17, 15) is 0 Å². The summed E-state index contributed by atoms with van der Waals surface area (Å²) >= 11 is 0. The van der Waals surface area contributed by atoms with Gasteiger partial charge in [0.25, 0.3) is 0 Å². The molecule has 0 aromatic carbocycles. The molecule has 0 aliphatic carbocycles. The third kappa shape index (κ3) is 9.71. The van der Waals surface area contributed by atoms with E-state index >= 15 is 0 Å². The second-order valence-corrected chi connectivity index (χ2v) is 4.14. The molecule has 1 N–H and O–H groups in total. The molecule has 0 bridgehead atoms.